The van der Waals surface area contributed by atoms with Gasteiger partial charge in [-0.3, -0.25) is 19.4 Å². The molecule has 1 aromatic rings. The molecule has 0 unspecified atom stereocenters. The van der Waals surface area contributed by atoms with Crippen LogP contribution in [0.5, 0.6) is 5.75 Å². The van der Waals surface area contributed by atoms with Crippen molar-refractivity contribution < 1.29 is 34.8 Å². The lowest BCUT2D eigenvalue weighted by Crippen LogP contribution is -2.58. The highest BCUT2D eigenvalue weighted by atomic mass is 16.3. The number of amides is 1. The number of aliphatic imine (C=N–C) groups is 1. The number of Topliss-reactive ketones (excluding diaryl/α,β-unsaturated/α-hetero) is 2. The summed E-state index contributed by atoms with van der Waals surface area (Å²) in [6.45, 7) is 1.78. The molecule has 162 valence electrons. The standard InChI is InChI=1S/C22H22N2O7/c1-8(24-2)11-3-4-13(25)16-12(11)6-9-5-10-7-14(26)17(21(23)30)20(29)22(10,31)19(28)15(9)18(16)27/h3-4,9-10,25,27,29,31H,5-7H2,1-2H3,(H2,23,30)/t9-,10+,22+/m1/s1. The molecule has 0 heterocycles. The molecule has 1 amide bonds. The van der Waals surface area contributed by atoms with Crippen molar-refractivity contribution in [2.75, 3.05) is 7.05 Å². The predicted octanol–water partition coefficient (Wildman–Crippen LogP) is 0.863. The van der Waals surface area contributed by atoms with E-state index >= 15 is 0 Å². The van der Waals surface area contributed by atoms with Crippen LogP contribution in [0.2, 0.25) is 0 Å². The number of ketones is 2. The summed E-state index contributed by atoms with van der Waals surface area (Å²) in [4.78, 5) is 41.5. The third-order valence-corrected chi connectivity index (χ3v) is 6.67. The molecule has 4 rings (SSSR count). The van der Waals surface area contributed by atoms with Crippen LogP contribution in [-0.2, 0) is 20.8 Å². The number of nitrogens with zero attached hydrogens (tertiary/aromatic N) is 1. The number of hydrogen-bond acceptors (Lipinski definition) is 8. The van der Waals surface area contributed by atoms with Crippen LogP contribution in [0.1, 0.15) is 36.5 Å². The van der Waals surface area contributed by atoms with Crippen LogP contribution >= 0.6 is 0 Å². The Morgan fingerprint density at radius 1 is 1.19 bits per heavy atom. The van der Waals surface area contributed by atoms with Crippen molar-refractivity contribution in [1.82, 2.24) is 0 Å². The molecule has 31 heavy (non-hydrogen) atoms. The van der Waals surface area contributed by atoms with Gasteiger partial charge in [0.15, 0.2) is 11.4 Å². The summed E-state index contributed by atoms with van der Waals surface area (Å²) in [5.41, 5.74) is 3.70. The predicted molar refractivity (Wildman–Crippen MR) is 110 cm³/mol. The van der Waals surface area contributed by atoms with E-state index in [-0.39, 0.29) is 36.1 Å². The van der Waals surface area contributed by atoms with Crippen molar-refractivity contribution in [3.8, 4) is 5.75 Å². The second kappa shape index (κ2) is 6.78. The smallest absolute Gasteiger partial charge is 0.255 e. The van der Waals surface area contributed by atoms with Gasteiger partial charge in [-0.2, -0.15) is 0 Å². The van der Waals surface area contributed by atoms with Gasteiger partial charge in [0.25, 0.3) is 5.91 Å². The number of primary amides is 1. The van der Waals surface area contributed by atoms with E-state index in [1.165, 1.54) is 6.07 Å². The molecule has 3 aliphatic carbocycles. The average molecular weight is 426 g/mol. The number of fused-ring (bicyclic) bond motifs is 3. The molecule has 9 heteroatoms. The maximum atomic E-state index is 13.4. The lowest BCUT2D eigenvalue weighted by atomic mass is 9.59. The third-order valence-electron chi connectivity index (χ3n) is 6.67. The summed E-state index contributed by atoms with van der Waals surface area (Å²) in [5.74, 6) is -6.37. The summed E-state index contributed by atoms with van der Waals surface area (Å²) in [7, 11) is 1.61. The Labute approximate surface area is 177 Å². The monoisotopic (exact) mass is 426 g/mol. The molecular formula is C22H22N2O7. The highest BCUT2D eigenvalue weighted by Crippen LogP contribution is 2.52. The number of carbonyl (C=O) groups excluding carboxylic acids is 3. The van der Waals surface area contributed by atoms with Gasteiger partial charge in [-0.15, -0.1) is 0 Å². The molecule has 1 aromatic carbocycles. The molecule has 3 atom stereocenters. The summed E-state index contributed by atoms with van der Waals surface area (Å²) in [5, 5.41) is 43.1. The number of phenolic OH excluding ortho intramolecular Hbond substituents is 1. The number of aliphatic hydroxyl groups excluding tert-OH is 2. The topological polar surface area (TPSA) is 171 Å². The van der Waals surface area contributed by atoms with Gasteiger partial charge in [0.05, 0.1) is 5.56 Å². The first-order valence-corrected chi connectivity index (χ1v) is 9.79. The van der Waals surface area contributed by atoms with Crippen molar-refractivity contribution in [2.24, 2.45) is 22.6 Å². The molecule has 9 nitrogen and oxygen atoms in total. The lowest BCUT2D eigenvalue weighted by Gasteiger charge is -2.46. The lowest BCUT2D eigenvalue weighted by molar-refractivity contribution is -0.147. The Bertz CT molecular complexity index is 1160. The molecule has 3 aliphatic rings. The van der Waals surface area contributed by atoms with Crippen LogP contribution in [-0.4, -0.2) is 56.3 Å². The Morgan fingerprint density at radius 2 is 1.87 bits per heavy atom. The van der Waals surface area contributed by atoms with Crippen LogP contribution in [0.25, 0.3) is 5.76 Å². The zero-order valence-corrected chi connectivity index (χ0v) is 17.0. The zero-order chi connectivity index (χ0) is 22.8. The van der Waals surface area contributed by atoms with Crippen LogP contribution in [0, 0.1) is 11.8 Å². The Hall–Kier alpha value is -3.46. The number of phenols is 1. The van der Waals surface area contributed by atoms with Crippen LogP contribution < -0.4 is 5.73 Å². The average Bonchev–Trinajstić information content (AvgIpc) is 2.70. The minimum atomic E-state index is -2.55. The van der Waals surface area contributed by atoms with E-state index in [1.54, 1.807) is 20.0 Å². The Morgan fingerprint density at radius 3 is 2.48 bits per heavy atom. The first kappa shape index (κ1) is 20.8. The van der Waals surface area contributed by atoms with E-state index in [4.69, 9.17) is 5.73 Å². The molecule has 1 fully saturated rings. The molecule has 0 saturated heterocycles. The van der Waals surface area contributed by atoms with Crippen molar-refractivity contribution in [3.63, 3.8) is 0 Å². The molecule has 6 N–H and O–H groups in total. The van der Waals surface area contributed by atoms with Crippen LogP contribution in [0.3, 0.4) is 0 Å². The second-order valence-electron chi connectivity index (χ2n) is 8.20. The number of rotatable bonds is 2. The molecule has 1 saturated carbocycles. The largest absolute Gasteiger partial charge is 0.508 e. The van der Waals surface area contributed by atoms with E-state index in [9.17, 15) is 34.8 Å². The maximum absolute atomic E-state index is 13.4. The Kier molecular flexibility index (Phi) is 4.55. The van der Waals surface area contributed by atoms with Gasteiger partial charge in [0.2, 0.25) is 5.78 Å². The van der Waals surface area contributed by atoms with E-state index in [2.05, 4.69) is 4.99 Å². The van der Waals surface area contributed by atoms with Crippen molar-refractivity contribution in [3.05, 3.63) is 45.7 Å². The fourth-order valence-electron chi connectivity index (χ4n) is 5.08. The number of benzene rings is 1. The van der Waals surface area contributed by atoms with Crippen LogP contribution in [0.4, 0.5) is 0 Å². The highest BCUT2D eigenvalue weighted by molar-refractivity contribution is 6.22. The van der Waals surface area contributed by atoms with Gasteiger partial charge in [0, 0.05) is 30.7 Å². The molecule has 0 radical (unpaired) electrons. The van der Waals surface area contributed by atoms with Gasteiger partial charge in [0.1, 0.15) is 22.8 Å². The number of aromatic hydroxyl groups is 1. The number of nitrogens with two attached hydrogens (primary N) is 1. The zero-order valence-electron chi connectivity index (χ0n) is 17.0. The van der Waals surface area contributed by atoms with Gasteiger partial charge in [-0.25, -0.2) is 0 Å². The van der Waals surface area contributed by atoms with Gasteiger partial charge < -0.3 is 26.2 Å². The van der Waals surface area contributed by atoms with Gasteiger partial charge in [-0.1, -0.05) is 0 Å². The van der Waals surface area contributed by atoms with Crippen molar-refractivity contribution in [1.29, 1.82) is 0 Å². The summed E-state index contributed by atoms with van der Waals surface area (Å²) in [6, 6.07) is 3.06. The number of carbonyl (C=O) groups is 3. The number of aliphatic hydroxyl groups is 3. The fraction of sp³-hybridized carbons (Fsp3) is 0.364. The molecular weight excluding hydrogens is 404 g/mol. The Balaban J connectivity index is 1.95. The van der Waals surface area contributed by atoms with Crippen molar-refractivity contribution in [2.45, 2.75) is 31.8 Å². The van der Waals surface area contributed by atoms with Gasteiger partial charge in [-0.05, 0) is 48.9 Å². The maximum Gasteiger partial charge on any atom is 0.255 e. The second-order valence-corrected chi connectivity index (χ2v) is 8.20. The summed E-state index contributed by atoms with van der Waals surface area (Å²) >= 11 is 0. The normalized spacial score (nSPS) is 28.3. The fourth-order valence-corrected chi connectivity index (χ4v) is 5.08. The number of hydrogen-bond donors (Lipinski definition) is 5. The SMILES string of the molecule is CN=C(C)c1ccc(O)c2c1C[C@H]1C[C@H]3CC(=O)C(C(N)=O)=C(O)[C@@]3(O)C(=O)C1=C2O. The summed E-state index contributed by atoms with van der Waals surface area (Å²) in [6.07, 6.45) is 0.00955. The first-order valence-electron chi connectivity index (χ1n) is 9.79. The van der Waals surface area contributed by atoms with E-state index in [0.717, 1.165) is 0 Å². The first-order chi connectivity index (χ1) is 14.5. The van der Waals surface area contributed by atoms with E-state index in [1.807, 2.05) is 0 Å². The minimum Gasteiger partial charge on any atom is -0.508 e. The van der Waals surface area contributed by atoms with Crippen LogP contribution in [0.15, 0.2) is 34.0 Å². The third kappa shape index (κ3) is 2.66. The van der Waals surface area contributed by atoms with Crippen molar-refractivity contribution >= 4 is 28.9 Å². The minimum absolute atomic E-state index is 0.0626. The molecule has 0 bridgehead atoms. The molecule has 0 spiro atoms. The highest BCUT2D eigenvalue weighted by Gasteiger charge is 2.60. The molecule has 0 aromatic heterocycles. The van der Waals surface area contributed by atoms with E-state index in [0.29, 0.717) is 16.8 Å². The summed E-state index contributed by atoms with van der Waals surface area (Å²) < 4.78 is 0. The van der Waals surface area contributed by atoms with E-state index < -0.39 is 52.0 Å². The van der Waals surface area contributed by atoms with Gasteiger partial charge >= 0.3 is 0 Å². The molecule has 0 aliphatic heterocycles. The quantitative estimate of drug-likeness (QED) is 0.345.